The Hall–Kier alpha value is -3.61. The minimum Gasteiger partial charge on any atom is -0.465 e. The molecule has 1 aromatic heterocycles. The number of aromatic nitrogens is 1. The predicted octanol–water partition coefficient (Wildman–Crippen LogP) is 3.69. The highest BCUT2D eigenvalue weighted by Crippen LogP contribution is 2.19. The molecule has 0 unspecified atom stereocenters. The van der Waals surface area contributed by atoms with Crippen LogP contribution < -0.4 is 10.6 Å². The minimum atomic E-state index is -0.349. The SMILES string of the molecule is CCNC(=NCc1ccc(C(=O)OC)cc1)NCc1coc(-c2ccc(C)cc2)n1. The van der Waals surface area contributed by atoms with Crippen LogP contribution in [0, 0.1) is 6.92 Å². The Morgan fingerprint density at radius 2 is 1.83 bits per heavy atom. The van der Waals surface area contributed by atoms with E-state index in [9.17, 15) is 4.79 Å². The summed E-state index contributed by atoms with van der Waals surface area (Å²) >= 11 is 0. The van der Waals surface area contributed by atoms with Crippen molar-refractivity contribution in [1.29, 1.82) is 0 Å². The van der Waals surface area contributed by atoms with Gasteiger partial charge in [0.2, 0.25) is 5.89 Å². The fourth-order valence-corrected chi connectivity index (χ4v) is 2.77. The number of carbonyl (C=O) groups excluding carboxylic acids is 1. The van der Waals surface area contributed by atoms with Crippen molar-refractivity contribution in [2.45, 2.75) is 26.9 Å². The average Bonchev–Trinajstić information content (AvgIpc) is 3.25. The van der Waals surface area contributed by atoms with Gasteiger partial charge < -0.3 is 19.8 Å². The number of aryl methyl sites for hydroxylation is 1. The van der Waals surface area contributed by atoms with Crippen LogP contribution in [0.1, 0.15) is 34.1 Å². The van der Waals surface area contributed by atoms with E-state index in [1.807, 2.05) is 50.2 Å². The van der Waals surface area contributed by atoms with E-state index < -0.39 is 0 Å². The molecule has 0 spiro atoms. The molecule has 0 amide bonds. The largest absolute Gasteiger partial charge is 0.465 e. The van der Waals surface area contributed by atoms with Gasteiger partial charge in [0.05, 0.1) is 31.5 Å². The van der Waals surface area contributed by atoms with E-state index in [4.69, 9.17) is 9.15 Å². The maximum atomic E-state index is 11.5. The summed E-state index contributed by atoms with van der Waals surface area (Å²) in [5.74, 6) is 0.923. The average molecular weight is 406 g/mol. The molecule has 1 heterocycles. The Kier molecular flexibility index (Phi) is 7.21. The monoisotopic (exact) mass is 406 g/mol. The number of ether oxygens (including phenoxy) is 1. The zero-order valence-electron chi connectivity index (χ0n) is 17.4. The van der Waals surface area contributed by atoms with Crippen LogP contribution in [0.5, 0.6) is 0 Å². The molecule has 0 aliphatic carbocycles. The van der Waals surface area contributed by atoms with Gasteiger partial charge in [-0.3, -0.25) is 0 Å². The lowest BCUT2D eigenvalue weighted by molar-refractivity contribution is 0.0600. The standard InChI is InChI=1S/C23H26N4O3/c1-4-24-23(25-13-17-7-11-19(12-8-17)22(28)29-3)26-14-20-15-30-21(27-20)18-9-5-16(2)6-10-18/h5-12,15H,4,13-14H2,1-3H3,(H2,24,25,26). The number of hydrogen-bond donors (Lipinski definition) is 2. The Bertz CT molecular complexity index is 992. The van der Waals surface area contributed by atoms with Crippen LogP contribution in [0.2, 0.25) is 0 Å². The van der Waals surface area contributed by atoms with Gasteiger partial charge in [0.25, 0.3) is 0 Å². The lowest BCUT2D eigenvalue weighted by Crippen LogP contribution is -2.36. The molecule has 2 N–H and O–H groups in total. The fraction of sp³-hybridized carbons (Fsp3) is 0.261. The third-order valence-electron chi connectivity index (χ3n) is 4.43. The smallest absolute Gasteiger partial charge is 0.337 e. The van der Waals surface area contributed by atoms with Crippen molar-refractivity contribution in [1.82, 2.24) is 15.6 Å². The number of esters is 1. The highest BCUT2D eigenvalue weighted by atomic mass is 16.5. The molecule has 30 heavy (non-hydrogen) atoms. The van der Waals surface area contributed by atoms with Crippen molar-refractivity contribution >= 4 is 11.9 Å². The summed E-state index contributed by atoms with van der Waals surface area (Å²) in [6.45, 7) is 5.75. The Balaban J connectivity index is 1.60. The first-order valence-corrected chi connectivity index (χ1v) is 9.80. The van der Waals surface area contributed by atoms with Gasteiger partial charge in [0.1, 0.15) is 6.26 Å². The number of guanidine groups is 1. The van der Waals surface area contributed by atoms with E-state index in [0.717, 1.165) is 23.4 Å². The summed E-state index contributed by atoms with van der Waals surface area (Å²) in [4.78, 5) is 20.6. The van der Waals surface area contributed by atoms with Gasteiger partial charge in [-0.05, 0) is 43.7 Å². The van der Waals surface area contributed by atoms with Gasteiger partial charge in [0, 0.05) is 12.1 Å². The van der Waals surface area contributed by atoms with Crippen LogP contribution in [-0.2, 0) is 17.8 Å². The third kappa shape index (κ3) is 5.70. The number of aliphatic imine (C=N–C) groups is 1. The number of oxazole rings is 1. The lowest BCUT2D eigenvalue weighted by Gasteiger charge is -2.10. The number of methoxy groups -OCH3 is 1. The molecule has 0 atom stereocenters. The second-order valence-corrected chi connectivity index (χ2v) is 6.75. The highest BCUT2D eigenvalue weighted by Gasteiger charge is 2.08. The van der Waals surface area contributed by atoms with Crippen LogP contribution in [0.15, 0.2) is 64.2 Å². The summed E-state index contributed by atoms with van der Waals surface area (Å²) in [5.41, 5.74) is 4.44. The van der Waals surface area contributed by atoms with Crippen molar-refractivity contribution in [3.8, 4) is 11.5 Å². The number of hydrogen-bond acceptors (Lipinski definition) is 5. The number of nitrogens with one attached hydrogen (secondary N) is 2. The van der Waals surface area contributed by atoms with Crippen LogP contribution in [0.3, 0.4) is 0 Å². The van der Waals surface area contributed by atoms with Gasteiger partial charge in [0.15, 0.2) is 5.96 Å². The van der Waals surface area contributed by atoms with Crippen molar-refractivity contribution < 1.29 is 13.9 Å². The molecule has 3 rings (SSSR count). The van der Waals surface area contributed by atoms with Gasteiger partial charge in [-0.15, -0.1) is 0 Å². The van der Waals surface area contributed by atoms with Crippen LogP contribution in [-0.4, -0.2) is 30.6 Å². The summed E-state index contributed by atoms with van der Waals surface area (Å²) in [6.07, 6.45) is 1.65. The number of carbonyl (C=O) groups is 1. The zero-order valence-corrected chi connectivity index (χ0v) is 17.4. The molecule has 0 bridgehead atoms. The Morgan fingerprint density at radius 1 is 1.10 bits per heavy atom. The molecule has 0 saturated heterocycles. The van der Waals surface area contributed by atoms with Crippen LogP contribution in [0.25, 0.3) is 11.5 Å². The molecule has 0 aliphatic heterocycles. The van der Waals surface area contributed by atoms with Crippen LogP contribution >= 0.6 is 0 Å². The zero-order chi connectivity index (χ0) is 21.3. The highest BCUT2D eigenvalue weighted by molar-refractivity contribution is 5.89. The van der Waals surface area contributed by atoms with Gasteiger partial charge in [-0.2, -0.15) is 0 Å². The molecule has 3 aromatic rings. The van der Waals surface area contributed by atoms with Gasteiger partial charge in [-0.25, -0.2) is 14.8 Å². The molecule has 0 saturated carbocycles. The molecule has 2 aromatic carbocycles. The van der Waals surface area contributed by atoms with E-state index in [1.165, 1.54) is 12.7 Å². The van der Waals surface area contributed by atoms with Crippen molar-refractivity contribution in [3.63, 3.8) is 0 Å². The van der Waals surface area contributed by atoms with E-state index in [0.29, 0.717) is 30.5 Å². The molecule has 0 radical (unpaired) electrons. The molecule has 0 aliphatic rings. The molecule has 7 heteroatoms. The maximum absolute atomic E-state index is 11.5. The number of nitrogens with zero attached hydrogens (tertiary/aromatic N) is 2. The molecule has 7 nitrogen and oxygen atoms in total. The second kappa shape index (κ2) is 10.2. The van der Waals surface area contributed by atoms with E-state index >= 15 is 0 Å². The van der Waals surface area contributed by atoms with Gasteiger partial charge in [-0.1, -0.05) is 29.8 Å². The normalized spacial score (nSPS) is 11.2. The summed E-state index contributed by atoms with van der Waals surface area (Å²) in [5, 5.41) is 6.48. The van der Waals surface area contributed by atoms with E-state index in [-0.39, 0.29) is 5.97 Å². The Labute approximate surface area is 176 Å². The number of benzene rings is 2. The van der Waals surface area contributed by atoms with Crippen LogP contribution in [0.4, 0.5) is 0 Å². The Morgan fingerprint density at radius 3 is 2.50 bits per heavy atom. The molecular formula is C23H26N4O3. The summed E-state index contributed by atoms with van der Waals surface area (Å²) in [7, 11) is 1.37. The summed E-state index contributed by atoms with van der Waals surface area (Å²) in [6, 6.07) is 15.3. The first-order chi connectivity index (χ1) is 14.6. The fourth-order valence-electron chi connectivity index (χ4n) is 2.77. The lowest BCUT2D eigenvalue weighted by atomic mass is 10.1. The van der Waals surface area contributed by atoms with Crippen molar-refractivity contribution in [2.75, 3.05) is 13.7 Å². The number of rotatable bonds is 7. The van der Waals surface area contributed by atoms with Crippen molar-refractivity contribution in [3.05, 3.63) is 77.2 Å². The minimum absolute atomic E-state index is 0.349. The van der Waals surface area contributed by atoms with E-state index in [2.05, 4.69) is 20.6 Å². The maximum Gasteiger partial charge on any atom is 0.337 e. The molecular weight excluding hydrogens is 380 g/mol. The van der Waals surface area contributed by atoms with E-state index in [1.54, 1.807) is 18.4 Å². The topological polar surface area (TPSA) is 88.8 Å². The molecule has 156 valence electrons. The van der Waals surface area contributed by atoms with Gasteiger partial charge >= 0.3 is 5.97 Å². The summed E-state index contributed by atoms with van der Waals surface area (Å²) < 4.78 is 10.3. The first-order valence-electron chi connectivity index (χ1n) is 9.80. The second-order valence-electron chi connectivity index (χ2n) is 6.75. The first kappa shape index (κ1) is 21.1. The quantitative estimate of drug-likeness (QED) is 0.353. The predicted molar refractivity (Wildman–Crippen MR) is 116 cm³/mol. The molecule has 0 fully saturated rings. The van der Waals surface area contributed by atoms with Crippen molar-refractivity contribution in [2.24, 2.45) is 4.99 Å². The third-order valence-corrected chi connectivity index (χ3v) is 4.43.